The van der Waals surface area contributed by atoms with Gasteiger partial charge in [-0.25, -0.2) is 4.98 Å². The molecule has 1 heterocycles. The Hall–Kier alpha value is -0.0600. The van der Waals surface area contributed by atoms with Crippen LogP contribution in [0.4, 0.5) is 0 Å². The van der Waals surface area contributed by atoms with Gasteiger partial charge in [0.25, 0.3) is 0 Å². The van der Waals surface area contributed by atoms with Gasteiger partial charge in [-0.2, -0.15) is 0 Å². The maximum atomic E-state index is 5.47. The molecule has 2 nitrogen and oxygen atoms in total. The van der Waals surface area contributed by atoms with Gasteiger partial charge in [0, 0.05) is 6.07 Å². The van der Waals surface area contributed by atoms with Crippen molar-refractivity contribution in [3.05, 3.63) is 16.0 Å². The molecule has 0 unspecified atom stereocenters. The lowest BCUT2D eigenvalue weighted by Crippen LogP contribution is -1.81. The normalized spacial score (nSPS) is 9.56. The van der Waals surface area contributed by atoms with Crippen LogP contribution in [0, 0.1) is 4.64 Å². The highest BCUT2D eigenvalue weighted by atomic mass is 35.5. The van der Waals surface area contributed by atoms with E-state index in [-0.39, 0.29) is 5.28 Å². The number of nitrogens with zero attached hydrogens (tertiary/aromatic N) is 1. The number of thiol groups is 1. The van der Waals surface area contributed by atoms with Gasteiger partial charge in [-0.15, -0.1) is 12.6 Å². The molecule has 1 rings (SSSR count). The van der Waals surface area contributed by atoms with Crippen molar-refractivity contribution in [1.29, 1.82) is 0 Å². The van der Waals surface area contributed by atoms with E-state index in [4.69, 9.17) is 23.8 Å². The first-order valence-corrected chi connectivity index (χ1v) is 3.37. The minimum absolute atomic E-state index is 0.271. The van der Waals surface area contributed by atoms with Crippen LogP contribution in [0.1, 0.15) is 0 Å². The summed E-state index contributed by atoms with van der Waals surface area (Å²) in [6.45, 7) is 0. The summed E-state index contributed by atoms with van der Waals surface area (Å²) in [6.07, 6.45) is 0. The van der Waals surface area contributed by atoms with Gasteiger partial charge in [0.1, 0.15) is 4.64 Å². The molecule has 1 aromatic heterocycles. The molecule has 0 spiro atoms. The maximum Gasteiger partial charge on any atom is 0.202 e. The van der Waals surface area contributed by atoms with Gasteiger partial charge < -0.3 is 4.98 Å². The Morgan fingerprint density at radius 1 is 1.78 bits per heavy atom. The summed E-state index contributed by atoms with van der Waals surface area (Å²) >= 11 is 14.2. The Labute approximate surface area is 67.7 Å². The Morgan fingerprint density at radius 3 is 2.89 bits per heavy atom. The van der Waals surface area contributed by atoms with E-state index in [1.807, 2.05) is 0 Å². The van der Waals surface area contributed by atoms with Crippen LogP contribution in [0.3, 0.4) is 0 Å². The summed E-state index contributed by atoms with van der Waals surface area (Å²) in [4.78, 5) is 6.37. The lowest BCUT2D eigenvalue weighted by Gasteiger charge is -1.89. The second-order valence-corrected chi connectivity index (χ2v) is 2.65. The SMILES string of the molecule is S=c1cc(S)nc(Cl)[nH]1. The van der Waals surface area contributed by atoms with Gasteiger partial charge in [-0.05, 0) is 11.6 Å². The van der Waals surface area contributed by atoms with E-state index in [1.165, 1.54) is 0 Å². The Kier molecular flexibility index (Phi) is 2.10. The summed E-state index contributed by atoms with van der Waals surface area (Å²) in [7, 11) is 0. The van der Waals surface area contributed by atoms with Crippen LogP contribution >= 0.6 is 36.4 Å². The molecule has 0 radical (unpaired) electrons. The van der Waals surface area contributed by atoms with Gasteiger partial charge in [0.2, 0.25) is 5.28 Å². The fourth-order valence-electron chi connectivity index (χ4n) is 0.416. The topological polar surface area (TPSA) is 28.7 Å². The molecule has 1 N–H and O–H groups in total. The molecule has 5 heteroatoms. The minimum Gasteiger partial charge on any atom is -0.321 e. The van der Waals surface area contributed by atoms with Crippen LogP contribution in [-0.2, 0) is 0 Å². The highest BCUT2D eigenvalue weighted by Gasteiger charge is 1.88. The number of rotatable bonds is 0. The zero-order chi connectivity index (χ0) is 6.85. The van der Waals surface area contributed by atoms with Gasteiger partial charge in [-0.1, -0.05) is 12.2 Å². The molecule has 1 aromatic rings. The maximum absolute atomic E-state index is 5.47. The van der Waals surface area contributed by atoms with E-state index in [0.29, 0.717) is 9.67 Å². The van der Waals surface area contributed by atoms with Crippen molar-refractivity contribution in [3.8, 4) is 0 Å². The molecule has 0 saturated carbocycles. The quantitative estimate of drug-likeness (QED) is 0.276. The predicted molar refractivity (Wildman–Crippen MR) is 41.7 cm³/mol. The standard InChI is InChI=1S/C4H3ClN2S2/c5-4-6-2(8)1-3(9)7-4/h1H,(H2,6,7,8,9). The first kappa shape index (κ1) is 7.05. The number of aromatic nitrogens is 2. The molecule has 9 heavy (non-hydrogen) atoms. The zero-order valence-corrected chi connectivity index (χ0v) is 6.72. The van der Waals surface area contributed by atoms with Crippen molar-refractivity contribution < 1.29 is 0 Å². The molecule has 0 bridgehead atoms. The van der Waals surface area contributed by atoms with Crippen molar-refractivity contribution in [2.24, 2.45) is 0 Å². The van der Waals surface area contributed by atoms with E-state index in [1.54, 1.807) is 6.07 Å². The summed E-state index contributed by atoms with van der Waals surface area (Å²) in [5, 5.41) is 0.802. The summed E-state index contributed by atoms with van der Waals surface area (Å²) < 4.78 is 0.542. The molecule has 0 aliphatic carbocycles. The zero-order valence-electron chi connectivity index (χ0n) is 4.26. The van der Waals surface area contributed by atoms with Crippen LogP contribution in [-0.4, -0.2) is 9.97 Å². The lowest BCUT2D eigenvalue weighted by atomic mass is 10.7. The van der Waals surface area contributed by atoms with Crippen molar-refractivity contribution in [3.63, 3.8) is 0 Å². The Morgan fingerprint density at radius 2 is 2.44 bits per heavy atom. The van der Waals surface area contributed by atoms with E-state index in [2.05, 4.69) is 22.6 Å². The molecule has 48 valence electrons. The van der Waals surface area contributed by atoms with Crippen LogP contribution < -0.4 is 0 Å². The molecular formula is C4H3ClN2S2. The van der Waals surface area contributed by atoms with Gasteiger partial charge >= 0.3 is 0 Å². The number of hydrogen-bond acceptors (Lipinski definition) is 3. The van der Waals surface area contributed by atoms with Gasteiger partial charge in [0.15, 0.2) is 0 Å². The first-order chi connectivity index (χ1) is 4.18. The largest absolute Gasteiger partial charge is 0.321 e. The fourth-order valence-corrected chi connectivity index (χ4v) is 1.25. The number of H-pyrrole nitrogens is 1. The van der Waals surface area contributed by atoms with Crippen LogP contribution in [0.25, 0.3) is 0 Å². The molecular weight excluding hydrogens is 176 g/mol. The van der Waals surface area contributed by atoms with Crippen molar-refractivity contribution in [1.82, 2.24) is 9.97 Å². The smallest absolute Gasteiger partial charge is 0.202 e. The van der Waals surface area contributed by atoms with E-state index in [0.717, 1.165) is 0 Å². The molecule has 0 amide bonds. The van der Waals surface area contributed by atoms with Crippen molar-refractivity contribution >= 4 is 36.4 Å². The highest BCUT2D eigenvalue weighted by molar-refractivity contribution is 7.80. The summed E-state index contributed by atoms with van der Waals surface area (Å²) in [6, 6.07) is 1.62. The molecule has 0 fully saturated rings. The minimum atomic E-state index is 0.271. The average molecular weight is 179 g/mol. The average Bonchev–Trinajstić information content (AvgIpc) is 1.59. The fraction of sp³-hybridized carbons (Fsp3) is 0. The third-order valence-electron chi connectivity index (χ3n) is 0.699. The van der Waals surface area contributed by atoms with E-state index >= 15 is 0 Å². The number of nitrogens with one attached hydrogen (secondary N) is 1. The number of aromatic amines is 1. The third-order valence-corrected chi connectivity index (χ3v) is 1.33. The van der Waals surface area contributed by atoms with Crippen molar-refractivity contribution in [2.75, 3.05) is 0 Å². The monoisotopic (exact) mass is 178 g/mol. The Balaban J connectivity index is 3.33. The lowest BCUT2D eigenvalue weighted by molar-refractivity contribution is 1.04. The number of hydrogen-bond donors (Lipinski definition) is 2. The van der Waals surface area contributed by atoms with Crippen LogP contribution in [0.5, 0.6) is 0 Å². The van der Waals surface area contributed by atoms with E-state index in [9.17, 15) is 0 Å². The Bertz CT molecular complexity index is 246. The molecule has 0 saturated heterocycles. The predicted octanol–water partition coefficient (Wildman–Crippen LogP) is 2.08. The number of halogens is 1. The van der Waals surface area contributed by atoms with Gasteiger partial charge in [0.05, 0.1) is 5.03 Å². The summed E-state index contributed by atoms with van der Waals surface area (Å²) in [5.74, 6) is 0. The van der Waals surface area contributed by atoms with E-state index < -0.39 is 0 Å². The molecule has 0 atom stereocenters. The second-order valence-electron chi connectivity index (χ2n) is 1.39. The molecule has 0 aliphatic rings. The van der Waals surface area contributed by atoms with Crippen LogP contribution in [0.2, 0.25) is 5.28 Å². The highest BCUT2D eigenvalue weighted by Crippen LogP contribution is 2.05. The molecule has 0 aliphatic heterocycles. The van der Waals surface area contributed by atoms with Crippen molar-refractivity contribution in [2.45, 2.75) is 5.03 Å². The van der Waals surface area contributed by atoms with Gasteiger partial charge in [-0.3, -0.25) is 0 Å². The first-order valence-electron chi connectivity index (χ1n) is 2.14. The third kappa shape index (κ3) is 1.97. The van der Waals surface area contributed by atoms with Crippen LogP contribution in [0.15, 0.2) is 11.1 Å². The summed E-state index contributed by atoms with van der Waals surface area (Å²) in [5.41, 5.74) is 0. The molecule has 0 aromatic carbocycles. The second kappa shape index (κ2) is 2.68.